The lowest BCUT2D eigenvalue weighted by Crippen LogP contribution is -2.13. The summed E-state index contributed by atoms with van der Waals surface area (Å²) in [5.41, 5.74) is 2.52. The van der Waals surface area contributed by atoms with Gasteiger partial charge in [0.2, 0.25) is 0 Å². The van der Waals surface area contributed by atoms with Crippen LogP contribution in [-0.4, -0.2) is 16.9 Å². The van der Waals surface area contributed by atoms with Crippen molar-refractivity contribution in [3.63, 3.8) is 0 Å². The average molecular weight is 156 g/mol. The van der Waals surface area contributed by atoms with Crippen molar-refractivity contribution in [2.24, 2.45) is 5.84 Å². The van der Waals surface area contributed by atoms with Gasteiger partial charge >= 0.3 is 0 Å². The second-order valence-electron chi connectivity index (χ2n) is 2.02. The minimum absolute atomic E-state index is 0.661. The summed E-state index contributed by atoms with van der Waals surface area (Å²) in [4.78, 5) is 0. The molecule has 11 heavy (non-hydrogen) atoms. The van der Waals surface area contributed by atoms with E-state index in [9.17, 15) is 0 Å². The largest absolute Gasteiger partial charge is 0.491 e. The molecule has 3 N–H and O–H groups in total. The molecule has 5 nitrogen and oxygen atoms in total. The third-order valence-corrected chi connectivity index (χ3v) is 1.46. The summed E-state index contributed by atoms with van der Waals surface area (Å²) in [6, 6.07) is 0. The van der Waals surface area contributed by atoms with E-state index in [1.165, 1.54) is 0 Å². The number of anilines is 1. The summed E-state index contributed by atoms with van der Waals surface area (Å²) in [6.45, 7) is 2.75. The van der Waals surface area contributed by atoms with Crippen LogP contribution < -0.4 is 16.0 Å². The van der Waals surface area contributed by atoms with Crippen LogP contribution >= 0.6 is 0 Å². The smallest absolute Gasteiger partial charge is 0.182 e. The van der Waals surface area contributed by atoms with Gasteiger partial charge in [-0.2, -0.15) is 5.10 Å². The Hall–Kier alpha value is -1.23. The molecule has 1 aromatic rings. The second kappa shape index (κ2) is 3.25. The van der Waals surface area contributed by atoms with Gasteiger partial charge in [-0.1, -0.05) is 0 Å². The third kappa shape index (κ3) is 1.27. The highest BCUT2D eigenvalue weighted by molar-refractivity contribution is 5.48. The number of rotatable bonds is 3. The molecule has 0 bridgehead atoms. The van der Waals surface area contributed by atoms with Crippen LogP contribution in [0.25, 0.3) is 0 Å². The second-order valence-corrected chi connectivity index (χ2v) is 2.02. The molecule has 62 valence electrons. The molecule has 0 atom stereocenters. The molecule has 0 aromatic carbocycles. The summed E-state index contributed by atoms with van der Waals surface area (Å²) >= 11 is 0. The standard InChI is InChI=1S/C6H12N4O/c1-3-10-6(9-7)5(11-2)4-8-10/h4,9H,3,7H2,1-2H3. The third-order valence-electron chi connectivity index (χ3n) is 1.46. The van der Waals surface area contributed by atoms with Crippen molar-refractivity contribution in [2.45, 2.75) is 13.5 Å². The van der Waals surface area contributed by atoms with Crippen LogP contribution in [0.3, 0.4) is 0 Å². The van der Waals surface area contributed by atoms with E-state index >= 15 is 0 Å². The lowest BCUT2D eigenvalue weighted by Gasteiger charge is -2.04. The maximum absolute atomic E-state index is 5.26. The number of methoxy groups -OCH3 is 1. The van der Waals surface area contributed by atoms with Gasteiger partial charge in [0, 0.05) is 6.54 Å². The Bertz CT molecular complexity index is 211. The van der Waals surface area contributed by atoms with Crippen LogP contribution in [0.4, 0.5) is 5.82 Å². The van der Waals surface area contributed by atoms with Gasteiger partial charge in [0.25, 0.3) is 0 Å². The summed E-state index contributed by atoms with van der Waals surface area (Å²) in [5.74, 6) is 6.62. The molecule has 0 amide bonds. The molecular formula is C6H12N4O. The van der Waals surface area contributed by atoms with E-state index in [0.717, 1.165) is 6.54 Å². The Balaban J connectivity index is 2.99. The first-order valence-electron chi connectivity index (χ1n) is 3.39. The number of aromatic nitrogens is 2. The summed E-state index contributed by atoms with van der Waals surface area (Å²) in [6.07, 6.45) is 1.62. The molecule has 0 aliphatic rings. The van der Waals surface area contributed by atoms with Crippen LogP contribution in [0.15, 0.2) is 6.20 Å². The topological polar surface area (TPSA) is 65.1 Å². The highest BCUT2D eigenvalue weighted by Gasteiger charge is 2.06. The molecule has 0 spiro atoms. The van der Waals surface area contributed by atoms with Crippen molar-refractivity contribution in [1.82, 2.24) is 9.78 Å². The van der Waals surface area contributed by atoms with Crippen LogP contribution in [0.5, 0.6) is 5.75 Å². The molecule has 5 heteroatoms. The first-order chi connectivity index (χ1) is 5.33. The summed E-state index contributed by atoms with van der Waals surface area (Å²) < 4.78 is 6.71. The van der Waals surface area contributed by atoms with Gasteiger partial charge in [0.1, 0.15) is 0 Å². The Morgan fingerprint density at radius 2 is 2.55 bits per heavy atom. The predicted molar refractivity (Wildman–Crippen MR) is 42.3 cm³/mol. The predicted octanol–water partition coefficient (Wildman–Crippen LogP) is 0.197. The van der Waals surface area contributed by atoms with E-state index in [-0.39, 0.29) is 0 Å². The Kier molecular flexibility index (Phi) is 2.32. The van der Waals surface area contributed by atoms with Gasteiger partial charge in [-0.15, -0.1) is 0 Å². The average Bonchev–Trinajstić information content (AvgIpc) is 2.45. The van der Waals surface area contributed by atoms with Gasteiger partial charge in [0.15, 0.2) is 11.6 Å². The summed E-state index contributed by atoms with van der Waals surface area (Å²) in [7, 11) is 1.58. The van der Waals surface area contributed by atoms with Crippen molar-refractivity contribution >= 4 is 5.82 Å². The minimum Gasteiger partial charge on any atom is -0.491 e. The molecule has 0 radical (unpaired) electrons. The monoisotopic (exact) mass is 156 g/mol. The fourth-order valence-electron chi connectivity index (χ4n) is 0.903. The number of nitrogens with one attached hydrogen (secondary N) is 1. The molecule has 0 saturated heterocycles. The number of hydrogen-bond donors (Lipinski definition) is 2. The lowest BCUT2D eigenvalue weighted by molar-refractivity contribution is 0.416. The first-order valence-corrected chi connectivity index (χ1v) is 3.39. The van der Waals surface area contributed by atoms with E-state index in [4.69, 9.17) is 10.6 Å². The van der Waals surface area contributed by atoms with Crippen molar-refractivity contribution in [3.8, 4) is 5.75 Å². The highest BCUT2D eigenvalue weighted by Crippen LogP contribution is 2.21. The Labute approximate surface area is 65.1 Å². The van der Waals surface area contributed by atoms with Crippen molar-refractivity contribution < 1.29 is 4.74 Å². The zero-order valence-corrected chi connectivity index (χ0v) is 6.66. The van der Waals surface area contributed by atoms with Gasteiger partial charge in [0.05, 0.1) is 13.3 Å². The zero-order chi connectivity index (χ0) is 8.27. The first kappa shape index (κ1) is 7.87. The molecule has 0 aliphatic heterocycles. The molecular weight excluding hydrogens is 144 g/mol. The van der Waals surface area contributed by atoms with E-state index < -0.39 is 0 Å². The van der Waals surface area contributed by atoms with E-state index in [2.05, 4.69) is 10.5 Å². The van der Waals surface area contributed by atoms with E-state index in [0.29, 0.717) is 11.6 Å². The van der Waals surface area contributed by atoms with Crippen molar-refractivity contribution in [3.05, 3.63) is 6.20 Å². The minimum atomic E-state index is 0.661. The summed E-state index contributed by atoms with van der Waals surface area (Å²) in [5, 5.41) is 4.03. The van der Waals surface area contributed by atoms with Crippen LogP contribution in [-0.2, 0) is 6.54 Å². The molecule has 1 heterocycles. The van der Waals surface area contributed by atoms with E-state index in [1.54, 1.807) is 18.0 Å². The number of nitrogens with two attached hydrogens (primary N) is 1. The molecule has 0 saturated carbocycles. The van der Waals surface area contributed by atoms with Crippen molar-refractivity contribution in [2.75, 3.05) is 12.5 Å². The SMILES string of the molecule is CCn1ncc(OC)c1NN. The molecule has 0 fully saturated rings. The fraction of sp³-hybridized carbons (Fsp3) is 0.500. The number of nitrogens with zero attached hydrogens (tertiary/aromatic N) is 2. The number of nitrogen functional groups attached to an aromatic ring is 1. The van der Waals surface area contributed by atoms with Crippen LogP contribution in [0.2, 0.25) is 0 Å². The van der Waals surface area contributed by atoms with Gasteiger partial charge in [-0.25, -0.2) is 10.5 Å². The normalized spacial score (nSPS) is 9.73. The number of hydrazine groups is 1. The number of ether oxygens (including phenoxy) is 1. The molecule has 1 rings (SSSR count). The van der Waals surface area contributed by atoms with Gasteiger partial charge in [-0.05, 0) is 6.92 Å². The van der Waals surface area contributed by atoms with Crippen molar-refractivity contribution in [1.29, 1.82) is 0 Å². The van der Waals surface area contributed by atoms with Gasteiger partial charge in [-0.3, -0.25) is 0 Å². The van der Waals surface area contributed by atoms with Crippen LogP contribution in [0, 0.1) is 0 Å². The Morgan fingerprint density at radius 1 is 1.82 bits per heavy atom. The van der Waals surface area contributed by atoms with Crippen LogP contribution in [0.1, 0.15) is 6.92 Å². The maximum atomic E-state index is 5.26. The van der Waals surface area contributed by atoms with E-state index in [1.807, 2.05) is 6.92 Å². The lowest BCUT2D eigenvalue weighted by atomic mass is 10.5. The molecule has 0 aliphatic carbocycles. The highest BCUT2D eigenvalue weighted by atomic mass is 16.5. The molecule has 0 unspecified atom stereocenters. The number of aryl methyl sites for hydroxylation is 1. The molecule has 1 aromatic heterocycles. The maximum Gasteiger partial charge on any atom is 0.182 e. The fourth-order valence-corrected chi connectivity index (χ4v) is 0.903. The zero-order valence-electron chi connectivity index (χ0n) is 6.66. The van der Waals surface area contributed by atoms with Gasteiger partial charge < -0.3 is 10.2 Å². The number of hydrogen-bond acceptors (Lipinski definition) is 4. The Morgan fingerprint density at radius 3 is 3.00 bits per heavy atom. The quantitative estimate of drug-likeness (QED) is 0.484.